The predicted molar refractivity (Wildman–Crippen MR) is 82.1 cm³/mol. The number of sulfonamides is 1. The third-order valence-electron chi connectivity index (χ3n) is 3.86. The number of rotatable bonds is 4. The number of hydrogen-bond acceptors (Lipinski definition) is 6. The first kappa shape index (κ1) is 16.4. The Bertz CT molecular complexity index is 889. The first-order valence-electron chi connectivity index (χ1n) is 7.28. The molecule has 3 rings (SSSR count). The molecule has 0 radical (unpaired) electrons. The fourth-order valence-corrected chi connectivity index (χ4v) is 3.49. The van der Waals surface area contributed by atoms with Gasteiger partial charge in [-0.15, -0.1) is 0 Å². The molecule has 0 bridgehead atoms. The highest BCUT2D eigenvalue weighted by atomic mass is 32.2. The zero-order valence-electron chi connectivity index (χ0n) is 13.0. The SMILES string of the molecule is CS(=O)(=O)N1CCN([n+]2cc(=N)o[n-]2)C(C(=O)c2ccccc2)C1. The van der Waals surface area contributed by atoms with Crippen LogP contribution in [0.15, 0.2) is 41.1 Å². The molecule has 2 heterocycles. The van der Waals surface area contributed by atoms with Gasteiger partial charge in [-0.25, -0.2) is 12.7 Å². The van der Waals surface area contributed by atoms with Crippen LogP contribution in [0.2, 0.25) is 0 Å². The van der Waals surface area contributed by atoms with E-state index in [-0.39, 0.29) is 31.0 Å². The van der Waals surface area contributed by atoms with E-state index in [9.17, 15) is 13.2 Å². The number of hydrogen-bond donors (Lipinski definition) is 1. The Hall–Kier alpha value is -2.46. The number of Topliss-reactive ketones (excluding diaryl/α,β-unsaturated/α-hetero) is 1. The second-order valence-corrected chi connectivity index (χ2v) is 7.50. The number of benzene rings is 1. The molecule has 1 N–H and O–H groups in total. The van der Waals surface area contributed by atoms with Gasteiger partial charge in [0.2, 0.25) is 10.0 Å². The summed E-state index contributed by atoms with van der Waals surface area (Å²) >= 11 is 0. The van der Waals surface area contributed by atoms with Crippen molar-refractivity contribution in [1.82, 2.24) is 9.58 Å². The van der Waals surface area contributed by atoms with Crippen LogP contribution in [0, 0.1) is 5.41 Å². The molecule has 1 aromatic heterocycles. The van der Waals surface area contributed by atoms with E-state index < -0.39 is 16.1 Å². The Balaban J connectivity index is 1.96. The molecule has 2 aromatic rings. The van der Waals surface area contributed by atoms with Crippen LogP contribution in [0.25, 0.3) is 0 Å². The van der Waals surface area contributed by atoms with Gasteiger partial charge in [0.25, 0.3) is 11.8 Å². The van der Waals surface area contributed by atoms with Crippen LogP contribution in [-0.4, -0.2) is 50.4 Å². The normalized spacial score (nSPS) is 19.4. The lowest BCUT2D eigenvalue weighted by molar-refractivity contribution is -0.766. The number of nitrogens with one attached hydrogen (secondary N) is 1. The van der Waals surface area contributed by atoms with Crippen molar-refractivity contribution in [1.29, 1.82) is 5.41 Å². The minimum Gasteiger partial charge on any atom is -0.380 e. The standard InChI is InChI=1S/C14H17N5O4S/c1-24(21,22)17-7-8-18(19-10-13(15)23-16-19)12(9-17)14(20)11-5-3-2-4-6-11/h2-6,10,12,15H,7-9H2,1H3. The third-order valence-corrected chi connectivity index (χ3v) is 5.13. The molecule has 0 saturated carbocycles. The third kappa shape index (κ3) is 3.24. The summed E-state index contributed by atoms with van der Waals surface area (Å²) in [6.07, 6.45) is 2.46. The predicted octanol–water partition coefficient (Wildman–Crippen LogP) is -1.53. The van der Waals surface area contributed by atoms with E-state index >= 15 is 0 Å². The van der Waals surface area contributed by atoms with Crippen molar-refractivity contribution in [3.05, 3.63) is 47.6 Å². The van der Waals surface area contributed by atoms with E-state index in [1.807, 2.05) is 0 Å². The van der Waals surface area contributed by atoms with Gasteiger partial charge in [-0.3, -0.25) is 15.2 Å². The number of nitrogens with zero attached hydrogens (tertiary/aromatic N) is 4. The van der Waals surface area contributed by atoms with Gasteiger partial charge in [-0.05, 0) is 5.27 Å². The highest BCUT2D eigenvalue weighted by molar-refractivity contribution is 7.88. The van der Waals surface area contributed by atoms with Gasteiger partial charge in [-0.1, -0.05) is 35.1 Å². The van der Waals surface area contributed by atoms with Gasteiger partial charge in [0.15, 0.2) is 5.78 Å². The van der Waals surface area contributed by atoms with Crippen LogP contribution in [0.3, 0.4) is 0 Å². The average Bonchev–Trinajstić information content (AvgIpc) is 3.00. The first-order chi connectivity index (χ1) is 11.4. The lowest BCUT2D eigenvalue weighted by Crippen LogP contribution is -2.72. The molecule has 24 heavy (non-hydrogen) atoms. The van der Waals surface area contributed by atoms with Crippen LogP contribution in [-0.2, 0) is 10.0 Å². The average molecular weight is 351 g/mol. The molecule has 9 nitrogen and oxygen atoms in total. The topological polar surface area (TPSA) is 113 Å². The highest BCUT2D eigenvalue weighted by Gasteiger charge is 2.36. The molecule has 1 fully saturated rings. The second kappa shape index (κ2) is 6.21. The zero-order valence-corrected chi connectivity index (χ0v) is 13.8. The Morgan fingerprint density at radius 2 is 2.04 bits per heavy atom. The number of ketones is 1. The molecule has 1 atom stereocenters. The molecular weight excluding hydrogens is 334 g/mol. The highest BCUT2D eigenvalue weighted by Crippen LogP contribution is 2.14. The Morgan fingerprint density at radius 3 is 2.62 bits per heavy atom. The maximum absolute atomic E-state index is 12.9. The van der Waals surface area contributed by atoms with Crippen LogP contribution in [0.5, 0.6) is 0 Å². The molecule has 1 aliphatic heterocycles. The maximum Gasteiger partial charge on any atom is 0.286 e. The molecule has 1 aliphatic rings. The van der Waals surface area contributed by atoms with E-state index in [0.29, 0.717) is 5.56 Å². The summed E-state index contributed by atoms with van der Waals surface area (Å²) in [7, 11) is -3.41. The van der Waals surface area contributed by atoms with Crippen LogP contribution < -0.4 is 20.6 Å². The molecule has 0 amide bonds. The van der Waals surface area contributed by atoms with Crippen LogP contribution >= 0.6 is 0 Å². The van der Waals surface area contributed by atoms with Crippen molar-refractivity contribution in [2.75, 3.05) is 30.9 Å². The molecule has 1 unspecified atom stereocenters. The summed E-state index contributed by atoms with van der Waals surface area (Å²) in [6, 6.07) is 7.91. The molecule has 128 valence electrons. The Labute approximate surface area is 138 Å². The largest absolute Gasteiger partial charge is 0.380 e. The Kier molecular flexibility index (Phi) is 4.24. The summed E-state index contributed by atoms with van der Waals surface area (Å²) in [4.78, 5) is 14.2. The molecule has 0 spiro atoms. The van der Waals surface area contributed by atoms with Crippen molar-refractivity contribution < 1.29 is 22.5 Å². The van der Waals surface area contributed by atoms with Gasteiger partial charge in [0, 0.05) is 25.2 Å². The molecule has 0 aliphatic carbocycles. The lowest BCUT2D eigenvalue weighted by Gasteiger charge is -2.39. The molecule has 10 heteroatoms. The first-order valence-corrected chi connectivity index (χ1v) is 9.12. The summed E-state index contributed by atoms with van der Waals surface area (Å²) in [5.41, 5.74) is 0.337. The summed E-state index contributed by atoms with van der Waals surface area (Å²) in [5.74, 6) is -0.217. The van der Waals surface area contributed by atoms with Crippen molar-refractivity contribution in [2.24, 2.45) is 0 Å². The van der Waals surface area contributed by atoms with Crippen molar-refractivity contribution in [2.45, 2.75) is 6.04 Å². The van der Waals surface area contributed by atoms with Gasteiger partial charge < -0.3 is 4.52 Å². The van der Waals surface area contributed by atoms with Gasteiger partial charge in [0.05, 0.1) is 12.3 Å². The van der Waals surface area contributed by atoms with E-state index in [0.717, 1.165) is 6.26 Å². The Morgan fingerprint density at radius 1 is 1.33 bits per heavy atom. The van der Waals surface area contributed by atoms with Gasteiger partial charge in [-0.2, -0.15) is 0 Å². The van der Waals surface area contributed by atoms with E-state index in [2.05, 4.69) is 5.27 Å². The van der Waals surface area contributed by atoms with E-state index in [1.165, 1.54) is 15.3 Å². The minimum absolute atomic E-state index is 0.0136. The minimum atomic E-state index is -3.41. The fraction of sp³-hybridized carbons (Fsp3) is 0.357. The van der Waals surface area contributed by atoms with Crippen LogP contribution in [0.4, 0.5) is 0 Å². The monoisotopic (exact) mass is 351 g/mol. The molecule has 1 saturated heterocycles. The molecular formula is C14H17N5O4S. The van der Waals surface area contributed by atoms with Crippen molar-refractivity contribution >= 4 is 15.8 Å². The van der Waals surface area contributed by atoms with E-state index in [1.54, 1.807) is 35.3 Å². The quantitative estimate of drug-likeness (QED) is 0.528. The number of piperazine rings is 1. The fourth-order valence-electron chi connectivity index (χ4n) is 2.67. The van der Waals surface area contributed by atoms with Crippen molar-refractivity contribution in [3.8, 4) is 0 Å². The summed E-state index contributed by atoms with van der Waals surface area (Å²) < 4.78 is 29.7. The maximum atomic E-state index is 12.9. The number of aromatic nitrogens is 2. The summed E-state index contributed by atoms with van der Waals surface area (Å²) in [6.45, 7) is 0.497. The summed E-state index contributed by atoms with van der Waals surface area (Å²) in [5, 5.41) is 12.8. The zero-order chi connectivity index (χ0) is 17.3. The van der Waals surface area contributed by atoms with Gasteiger partial charge >= 0.3 is 0 Å². The van der Waals surface area contributed by atoms with Crippen LogP contribution in [0.1, 0.15) is 10.4 Å². The molecule has 1 aromatic carbocycles. The number of carbonyl (C=O) groups excluding carboxylic acids is 1. The smallest absolute Gasteiger partial charge is 0.286 e. The van der Waals surface area contributed by atoms with Crippen molar-refractivity contribution in [3.63, 3.8) is 0 Å². The second-order valence-electron chi connectivity index (χ2n) is 5.52. The lowest BCUT2D eigenvalue weighted by atomic mass is 10.0. The van der Waals surface area contributed by atoms with E-state index in [4.69, 9.17) is 9.93 Å². The number of carbonyl (C=O) groups is 1. The van der Waals surface area contributed by atoms with Gasteiger partial charge in [0.1, 0.15) is 0 Å².